The van der Waals surface area contributed by atoms with Crippen LogP contribution in [0.3, 0.4) is 0 Å². The SMILES string of the molecule is Cc1ccc(Nc2nc(N)c(C(=O)c3cccc(C#N)c3)s2)cc1. The molecule has 0 aliphatic heterocycles. The number of nitrogens with two attached hydrogens (primary N) is 1. The summed E-state index contributed by atoms with van der Waals surface area (Å²) in [6.07, 6.45) is 0. The minimum atomic E-state index is -0.237. The van der Waals surface area contributed by atoms with Crippen molar-refractivity contribution in [1.29, 1.82) is 5.26 Å². The maximum atomic E-state index is 12.6. The molecule has 0 radical (unpaired) electrons. The zero-order valence-electron chi connectivity index (χ0n) is 12.9. The highest BCUT2D eigenvalue weighted by Crippen LogP contribution is 2.29. The number of ketones is 1. The van der Waals surface area contributed by atoms with E-state index in [1.807, 2.05) is 37.3 Å². The predicted molar refractivity (Wildman–Crippen MR) is 95.6 cm³/mol. The Morgan fingerprint density at radius 2 is 2.00 bits per heavy atom. The van der Waals surface area contributed by atoms with Gasteiger partial charge >= 0.3 is 0 Å². The van der Waals surface area contributed by atoms with Gasteiger partial charge in [0.1, 0.15) is 10.7 Å². The van der Waals surface area contributed by atoms with Gasteiger partial charge in [0.15, 0.2) is 5.13 Å². The highest BCUT2D eigenvalue weighted by atomic mass is 32.1. The van der Waals surface area contributed by atoms with Crippen LogP contribution >= 0.6 is 11.3 Å². The van der Waals surface area contributed by atoms with Gasteiger partial charge in [-0.15, -0.1) is 0 Å². The fourth-order valence-corrected chi connectivity index (χ4v) is 3.04. The number of carbonyl (C=O) groups excluding carboxylic acids is 1. The summed E-state index contributed by atoms with van der Waals surface area (Å²) in [5.41, 5.74) is 8.79. The fourth-order valence-electron chi connectivity index (χ4n) is 2.17. The van der Waals surface area contributed by atoms with E-state index in [0.717, 1.165) is 11.3 Å². The summed E-state index contributed by atoms with van der Waals surface area (Å²) in [5.74, 6) is -0.0546. The van der Waals surface area contributed by atoms with Crippen LogP contribution in [0.5, 0.6) is 0 Å². The van der Waals surface area contributed by atoms with Crippen LogP contribution in [0.1, 0.15) is 26.4 Å². The first-order valence-electron chi connectivity index (χ1n) is 7.21. The molecule has 118 valence electrons. The van der Waals surface area contributed by atoms with Crippen molar-refractivity contribution in [3.05, 3.63) is 70.1 Å². The van der Waals surface area contributed by atoms with Crippen molar-refractivity contribution < 1.29 is 4.79 Å². The number of anilines is 3. The quantitative estimate of drug-likeness (QED) is 0.706. The molecule has 0 aliphatic carbocycles. The van der Waals surface area contributed by atoms with Crippen LogP contribution in [0.15, 0.2) is 48.5 Å². The van der Waals surface area contributed by atoms with Gasteiger partial charge in [-0.2, -0.15) is 5.26 Å². The lowest BCUT2D eigenvalue weighted by Gasteiger charge is -2.02. The zero-order chi connectivity index (χ0) is 17.1. The minimum absolute atomic E-state index is 0.182. The van der Waals surface area contributed by atoms with Gasteiger partial charge in [-0.05, 0) is 31.2 Å². The first-order valence-corrected chi connectivity index (χ1v) is 8.03. The molecule has 3 aromatic rings. The number of aromatic nitrogens is 1. The number of hydrogen-bond acceptors (Lipinski definition) is 6. The van der Waals surface area contributed by atoms with Crippen LogP contribution in [0.25, 0.3) is 0 Å². The van der Waals surface area contributed by atoms with Gasteiger partial charge in [-0.1, -0.05) is 41.2 Å². The van der Waals surface area contributed by atoms with E-state index in [-0.39, 0.29) is 11.6 Å². The van der Waals surface area contributed by atoms with Crippen molar-refractivity contribution in [2.45, 2.75) is 6.92 Å². The van der Waals surface area contributed by atoms with Crippen LogP contribution in [-0.2, 0) is 0 Å². The number of rotatable bonds is 4. The topological polar surface area (TPSA) is 91.8 Å². The molecule has 0 unspecified atom stereocenters. The third-order valence-corrected chi connectivity index (χ3v) is 4.40. The number of nitrogens with zero attached hydrogens (tertiary/aromatic N) is 2. The summed E-state index contributed by atoms with van der Waals surface area (Å²) < 4.78 is 0. The smallest absolute Gasteiger partial charge is 0.206 e. The Morgan fingerprint density at radius 1 is 1.25 bits per heavy atom. The molecule has 0 saturated carbocycles. The molecule has 6 heteroatoms. The summed E-state index contributed by atoms with van der Waals surface area (Å²) in [5, 5.41) is 12.6. The Morgan fingerprint density at radius 3 is 2.71 bits per heavy atom. The fraction of sp³-hybridized carbons (Fsp3) is 0.0556. The van der Waals surface area contributed by atoms with Gasteiger partial charge < -0.3 is 11.1 Å². The molecule has 0 saturated heterocycles. The Hall–Kier alpha value is -3.17. The maximum absolute atomic E-state index is 12.6. The number of aryl methyl sites for hydroxylation is 1. The summed E-state index contributed by atoms with van der Waals surface area (Å²) in [7, 11) is 0. The molecule has 0 aliphatic rings. The number of hydrogen-bond donors (Lipinski definition) is 2. The number of nitrogen functional groups attached to an aromatic ring is 1. The van der Waals surface area contributed by atoms with E-state index in [2.05, 4.69) is 10.3 Å². The first-order chi connectivity index (χ1) is 11.6. The Kier molecular flexibility index (Phi) is 4.27. The van der Waals surface area contributed by atoms with Crippen LogP contribution in [0, 0.1) is 18.3 Å². The standard InChI is InChI=1S/C18H14N4OS/c1-11-5-7-14(8-6-11)21-18-22-17(20)16(24-18)15(23)13-4-2-3-12(9-13)10-19/h2-9H,20H2,1H3,(H,21,22). The second-order valence-corrected chi connectivity index (χ2v) is 6.25. The lowest BCUT2D eigenvalue weighted by molar-refractivity contribution is 0.104. The molecule has 1 heterocycles. The minimum Gasteiger partial charge on any atom is -0.382 e. The molecule has 0 spiro atoms. The van der Waals surface area contributed by atoms with Crippen LogP contribution in [-0.4, -0.2) is 10.8 Å². The highest BCUT2D eigenvalue weighted by molar-refractivity contribution is 7.18. The van der Waals surface area contributed by atoms with E-state index in [1.54, 1.807) is 24.3 Å². The molecule has 0 amide bonds. The van der Waals surface area contributed by atoms with Gasteiger partial charge in [0.05, 0.1) is 11.6 Å². The molecule has 1 aromatic heterocycles. The van der Waals surface area contributed by atoms with Crippen molar-refractivity contribution in [3.63, 3.8) is 0 Å². The first kappa shape index (κ1) is 15.7. The number of thiazole rings is 1. The van der Waals surface area contributed by atoms with Crippen molar-refractivity contribution in [2.24, 2.45) is 0 Å². The second-order valence-electron chi connectivity index (χ2n) is 5.25. The van der Waals surface area contributed by atoms with Gasteiger partial charge in [-0.3, -0.25) is 4.79 Å². The van der Waals surface area contributed by atoms with Gasteiger partial charge in [0.25, 0.3) is 0 Å². The monoisotopic (exact) mass is 334 g/mol. The van der Waals surface area contributed by atoms with Crippen LogP contribution in [0.4, 0.5) is 16.6 Å². The van der Waals surface area contributed by atoms with E-state index in [1.165, 1.54) is 11.3 Å². The maximum Gasteiger partial charge on any atom is 0.206 e. The van der Waals surface area contributed by atoms with Crippen molar-refractivity contribution in [3.8, 4) is 6.07 Å². The molecule has 3 rings (SSSR count). The summed E-state index contributed by atoms with van der Waals surface area (Å²) in [6, 6.07) is 16.4. The molecule has 24 heavy (non-hydrogen) atoms. The van der Waals surface area contributed by atoms with E-state index < -0.39 is 0 Å². The summed E-state index contributed by atoms with van der Waals surface area (Å²) in [4.78, 5) is 17.2. The van der Waals surface area contributed by atoms with Crippen molar-refractivity contribution >= 4 is 33.8 Å². The molecule has 0 bridgehead atoms. The Balaban J connectivity index is 1.86. The van der Waals surface area contributed by atoms with Crippen LogP contribution < -0.4 is 11.1 Å². The third-order valence-electron chi connectivity index (χ3n) is 3.42. The van der Waals surface area contributed by atoms with Crippen molar-refractivity contribution in [1.82, 2.24) is 4.98 Å². The van der Waals surface area contributed by atoms with Crippen molar-refractivity contribution in [2.75, 3.05) is 11.1 Å². The predicted octanol–water partition coefficient (Wildman–Crippen LogP) is 3.88. The van der Waals surface area contributed by atoms with Gasteiger partial charge in [0, 0.05) is 11.3 Å². The number of carbonyl (C=O) groups is 1. The van der Waals surface area contributed by atoms with E-state index in [0.29, 0.717) is 21.1 Å². The van der Waals surface area contributed by atoms with Gasteiger partial charge in [-0.25, -0.2) is 4.98 Å². The molecular formula is C18H14N4OS. The lowest BCUT2D eigenvalue weighted by atomic mass is 10.1. The molecule has 0 atom stereocenters. The average Bonchev–Trinajstić information content (AvgIpc) is 2.96. The lowest BCUT2D eigenvalue weighted by Crippen LogP contribution is -2.02. The highest BCUT2D eigenvalue weighted by Gasteiger charge is 2.18. The second kappa shape index (κ2) is 6.52. The third kappa shape index (κ3) is 3.26. The zero-order valence-corrected chi connectivity index (χ0v) is 13.7. The number of nitrogens with one attached hydrogen (secondary N) is 1. The molecular weight excluding hydrogens is 320 g/mol. The largest absolute Gasteiger partial charge is 0.382 e. The number of benzene rings is 2. The summed E-state index contributed by atoms with van der Waals surface area (Å²) in [6.45, 7) is 2.01. The molecule has 5 nitrogen and oxygen atoms in total. The summed E-state index contributed by atoms with van der Waals surface area (Å²) >= 11 is 1.20. The van der Waals surface area contributed by atoms with E-state index in [9.17, 15) is 4.79 Å². The average molecular weight is 334 g/mol. The Labute approximate surface area is 143 Å². The van der Waals surface area contributed by atoms with E-state index in [4.69, 9.17) is 11.0 Å². The van der Waals surface area contributed by atoms with Gasteiger partial charge in [0.2, 0.25) is 5.78 Å². The molecule has 3 N–H and O–H groups in total. The normalized spacial score (nSPS) is 10.2. The van der Waals surface area contributed by atoms with Crippen LogP contribution in [0.2, 0.25) is 0 Å². The number of nitriles is 1. The Bertz CT molecular complexity index is 938. The van der Waals surface area contributed by atoms with E-state index >= 15 is 0 Å². The molecule has 0 fully saturated rings. The molecule has 2 aromatic carbocycles.